The first-order chi connectivity index (χ1) is 13.3. The molecule has 2 aromatic carbocycles. The van der Waals surface area contributed by atoms with Crippen molar-refractivity contribution >= 4 is 21.6 Å². The van der Waals surface area contributed by atoms with Crippen molar-refractivity contribution in [2.75, 3.05) is 24.2 Å². The number of aryl methyl sites for hydroxylation is 2. The summed E-state index contributed by atoms with van der Waals surface area (Å²) >= 11 is 0. The van der Waals surface area contributed by atoms with E-state index in [1.54, 1.807) is 24.3 Å². The van der Waals surface area contributed by atoms with Crippen LogP contribution in [0.25, 0.3) is 0 Å². The quantitative estimate of drug-likeness (QED) is 0.775. The van der Waals surface area contributed by atoms with Crippen molar-refractivity contribution < 1.29 is 13.2 Å². The normalized spacial score (nSPS) is 12.0. The van der Waals surface area contributed by atoms with Crippen molar-refractivity contribution in [1.82, 2.24) is 5.32 Å². The fraction of sp³-hybridized carbons (Fsp3) is 0.435. The van der Waals surface area contributed by atoms with E-state index in [1.807, 2.05) is 0 Å². The Morgan fingerprint density at radius 2 is 1.62 bits per heavy atom. The zero-order chi connectivity index (χ0) is 22.0. The lowest BCUT2D eigenvalue weighted by molar-refractivity contribution is 0.0955. The minimum absolute atomic E-state index is 0.0949. The largest absolute Gasteiger partial charge is 0.352 e. The molecule has 0 aliphatic rings. The second kappa shape index (κ2) is 8.57. The molecule has 2 rings (SSSR count). The molecule has 0 spiro atoms. The Hall–Kier alpha value is -2.34. The summed E-state index contributed by atoms with van der Waals surface area (Å²) in [6.07, 6.45) is 1.84. The fourth-order valence-electron chi connectivity index (χ4n) is 3.34. The molecule has 0 saturated carbocycles. The first-order valence-electron chi connectivity index (χ1n) is 9.74. The van der Waals surface area contributed by atoms with Crippen LogP contribution in [0.5, 0.6) is 0 Å². The Kier molecular flexibility index (Phi) is 6.78. The van der Waals surface area contributed by atoms with Crippen LogP contribution in [0.1, 0.15) is 53.4 Å². The van der Waals surface area contributed by atoms with Gasteiger partial charge in [-0.15, -0.1) is 0 Å². The van der Waals surface area contributed by atoms with Gasteiger partial charge in [0.25, 0.3) is 5.91 Å². The number of anilines is 1. The average molecular weight is 417 g/mol. The Morgan fingerprint density at radius 1 is 1.07 bits per heavy atom. The van der Waals surface area contributed by atoms with Crippen molar-refractivity contribution in [2.24, 2.45) is 0 Å². The van der Waals surface area contributed by atoms with Crippen LogP contribution >= 0.6 is 0 Å². The van der Waals surface area contributed by atoms with Crippen molar-refractivity contribution in [3.05, 3.63) is 64.2 Å². The number of carbonyl (C=O) groups excluding carboxylic acids is 1. The Bertz CT molecular complexity index is 982. The van der Waals surface area contributed by atoms with Gasteiger partial charge in [0, 0.05) is 13.6 Å². The molecule has 1 N–H and O–H groups in total. The number of para-hydroxylation sites is 1. The van der Waals surface area contributed by atoms with Crippen LogP contribution < -0.4 is 9.62 Å². The highest BCUT2D eigenvalue weighted by Gasteiger charge is 2.20. The first-order valence-corrected chi connectivity index (χ1v) is 11.6. The molecule has 0 radical (unpaired) electrons. The van der Waals surface area contributed by atoms with E-state index < -0.39 is 10.0 Å². The van der Waals surface area contributed by atoms with E-state index in [1.165, 1.54) is 29.3 Å². The Labute approximate surface area is 175 Å². The summed E-state index contributed by atoms with van der Waals surface area (Å²) in [6.45, 7) is 11.3. The molecule has 0 saturated heterocycles. The summed E-state index contributed by atoms with van der Waals surface area (Å²) in [5, 5.41) is 2.93. The minimum Gasteiger partial charge on any atom is -0.352 e. The Balaban J connectivity index is 2.14. The van der Waals surface area contributed by atoms with E-state index in [2.05, 4.69) is 52.1 Å². The molecule has 0 aliphatic heterocycles. The molecule has 6 heteroatoms. The van der Waals surface area contributed by atoms with Gasteiger partial charge in [0.05, 0.1) is 17.5 Å². The third-order valence-electron chi connectivity index (χ3n) is 5.21. The highest BCUT2D eigenvalue weighted by atomic mass is 32.2. The molecule has 2 aromatic rings. The van der Waals surface area contributed by atoms with E-state index in [0.717, 1.165) is 17.0 Å². The molecule has 0 atom stereocenters. The molecule has 158 valence electrons. The highest BCUT2D eigenvalue weighted by molar-refractivity contribution is 7.92. The molecule has 0 fully saturated rings. The third kappa shape index (κ3) is 5.60. The van der Waals surface area contributed by atoms with Gasteiger partial charge in [-0.3, -0.25) is 9.10 Å². The van der Waals surface area contributed by atoms with Crippen LogP contribution in [0.4, 0.5) is 5.69 Å². The van der Waals surface area contributed by atoms with Crippen LogP contribution in [-0.2, 0) is 21.9 Å². The second-order valence-electron chi connectivity index (χ2n) is 8.59. The summed E-state index contributed by atoms with van der Waals surface area (Å²) < 4.78 is 24.9. The molecule has 0 aromatic heterocycles. The van der Waals surface area contributed by atoms with E-state index >= 15 is 0 Å². The number of sulfonamides is 1. The zero-order valence-corrected chi connectivity index (χ0v) is 19.3. The van der Waals surface area contributed by atoms with Crippen molar-refractivity contribution in [3.63, 3.8) is 0 Å². The summed E-state index contributed by atoms with van der Waals surface area (Å²) in [4.78, 5) is 12.7. The smallest absolute Gasteiger partial charge is 0.253 e. The number of hydrogen-bond donors (Lipinski definition) is 1. The topological polar surface area (TPSA) is 66.5 Å². The fourth-order valence-corrected chi connectivity index (χ4v) is 3.85. The van der Waals surface area contributed by atoms with Crippen molar-refractivity contribution in [2.45, 2.75) is 46.5 Å². The molecular weight excluding hydrogens is 384 g/mol. The van der Waals surface area contributed by atoms with Gasteiger partial charge in [-0.2, -0.15) is 0 Å². The predicted molar refractivity (Wildman–Crippen MR) is 120 cm³/mol. The second-order valence-corrected chi connectivity index (χ2v) is 10.6. The minimum atomic E-state index is -3.45. The van der Waals surface area contributed by atoms with E-state index in [0.29, 0.717) is 17.8 Å². The molecule has 0 bridgehead atoms. The molecule has 1 amide bonds. The lowest BCUT2D eigenvalue weighted by Gasteiger charge is -2.22. The SMILES string of the molecule is Cc1cc(C(C)(C)C)cc(C)c1CCNC(=O)c1ccccc1N(C)S(C)(=O)=O. The summed E-state index contributed by atoms with van der Waals surface area (Å²) in [5.74, 6) is -0.280. The summed E-state index contributed by atoms with van der Waals surface area (Å²) in [7, 11) is -2.00. The van der Waals surface area contributed by atoms with E-state index in [4.69, 9.17) is 0 Å². The first kappa shape index (κ1) is 22.9. The van der Waals surface area contributed by atoms with Gasteiger partial charge in [0.15, 0.2) is 0 Å². The van der Waals surface area contributed by atoms with Gasteiger partial charge in [-0.25, -0.2) is 8.42 Å². The van der Waals surface area contributed by atoms with Crippen LogP contribution in [0.3, 0.4) is 0 Å². The number of nitrogens with one attached hydrogen (secondary N) is 1. The van der Waals surface area contributed by atoms with Gasteiger partial charge < -0.3 is 5.32 Å². The maximum absolute atomic E-state index is 12.7. The van der Waals surface area contributed by atoms with Crippen LogP contribution in [-0.4, -0.2) is 34.2 Å². The lowest BCUT2D eigenvalue weighted by atomic mass is 9.83. The zero-order valence-electron chi connectivity index (χ0n) is 18.5. The molecular formula is C23H32N2O3S. The number of rotatable bonds is 6. The molecule has 0 aliphatic carbocycles. The number of nitrogens with zero attached hydrogens (tertiary/aromatic N) is 1. The van der Waals surface area contributed by atoms with Gasteiger partial charge in [0.2, 0.25) is 10.0 Å². The Morgan fingerprint density at radius 3 is 2.14 bits per heavy atom. The van der Waals surface area contributed by atoms with Gasteiger partial charge in [-0.1, -0.05) is 45.0 Å². The lowest BCUT2D eigenvalue weighted by Crippen LogP contribution is -2.31. The monoisotopic (exact) mass is 416 g/mol. The van der Waals surface area contributed by atoms with Gasteiger partial charge in [-0.05, 0) is 60.1 Å². The third-order valence-corrected chi connectivity index (χ3v) is 6.40. The maximum Gasteiger partial charge on any atom is 0.253 e. The predicted octanol–water partition coefficient (Wildman–Crippen LogP) is 3.97. The standard InChI is InChI=1S/C23H32N2O3S/c1-16-14-18(23(3,4)5)15-17(2)19(16)12-13-24-22(26)20-10-8-9-11-21(20)25(6)29(7,27)28/h8-11,14-15H,12-13H2,1-7H3,(H,24,26). The molecule has 0 heterocycles. The summed E-state index contributed by atoms with van der Waals surface area (Å²) in [6, 6.07) is 11.2. The average Bonchev–Trinajstić information content (AvgIpc) is 2.61. The van der Waals surface area contributed by atoms with Crippen LogP contribution in [0, 0.1) is 13.8 Å². The highest BCUT2D eigenvalue weighted by Crippen LogP contribution is 2.27. The van der Waals surface area contributed by atoms with E-state index in [9.17, 15) is 13.2 Å². The number of carbonyl (C=O) groups is 1. The number of benzene rings is 2. The number of amides is 1. The van der Waals surface area contributed by atoms with E-state index in [-0.39, 0.29) is 11.3 Å². The molecule has 29 heavy (non-hydrogen) atoms. The van der Waals surface area contributed by atoms with Gasteiger partial charge in [0.1, 0.15) is 0 Å². The van der Waals surface area contributed by atoms with Crippen molar-refractivity contribution in [3.8, 4) is 0 Å². The maximum atomic E-state index is 12.7. The molecule has 0 unspecified atom stereocenters. The van der Waals surface area contributed by atoms with Crippen LogP contribution in [0.2, 0.25) is 0 Å². The summed E-state index contributed by atoms with van der Waals surface area (Å²) in [5.41, 5.74) is 5.80. The number of hydrogen-bond acceptors (Lipinski definition) is 3. The van der Waals surface area contributed by atoms with Crippen LogP contribution in [0.15, 0.2) is 36.4 Å². The molecule has 5 nitrogen and oxygen atoms in total. The van der Waals surface area contributed by atoms with Gasteiger partial charge >= 0.3 is 0 Å². The van der Waals surface area contributed by atoms with Crippen molar-refractivity contribution in [1.29, 1.82) is 0 Å².